The van der Waals surface area contributed by atoms with E-state index in [0.29, 0.717) is 6.54 Å². The molecule has 1 atom stereocenters. The highest BCUT2D eigenvalue weighted by atomic mass is 35.5. The first kappa shape index (κ1) is 12.5. The Bertz CT molecular complexity index is 402. The molecule has 1 unspecified atom stereocenters. The molecule has 2 nitrogen and oxygen atoms in total. The van der Waals surface area contributed by atoms with E-state index >= 15 is 0 Å². The van der Waals surface area contributed by atoms with Crippen LogP contribution in [-0.2, 0) is 6.18 Å². The number of nitrogens with one attached hydrogen (secondary N) is 1. The van der Waals surface area contributed by atoms with Crippen LogP contribution in [0.25, 0.3) is 0 Å². The van der Waals surface area contributed by atoms with Crippen LogP contribution in [0.4, 0.5) is 13.2 Å². The normalized spacial score (nSPS) is 20.6. The van der Waals surface area contributed by atoms with Crippen molar-refractivity contribution < 1.29 is 17.9 Å². The first-order valence-electron chi connectivity index (χ1n) is 5.20. The average molecular weight is 266 g/mol. The van der Waals surface area contributed by atoms with E-state index in [1.165, 1.54) is 6.07 Å². The molecule has 1 fully saturated rings. The maximum atomic E-state index is 12.5. The molecule has 94 valence electrons. The zero-order chi connectivity index (χ0) is 12.5. The highest BCUT2D eigenvalue weighted by molar-refractivity contribution is 6.30. The van der Waals surface area contributed by atoms with E-state index < -0.39 is 11.7 Å². The summed E-state index contributed by atoms with van der Waals surface area (Å²) in [5.41, 5.74) is -0.786. The molecule has 2 rings (SSSR count). The van der Waals surface area contributed by atoms with Crippen LogP contribution in [0.1, 0.15) is 12.0 Å². The Balaban J connectivity index is 2.19. The molecule has 1 aliphatic rings. The van der Waals surface area contributed by atoms with Crippen molar-refractivity contribution in [2.24, 2.45) is 0 Å². The van der Waals surface area contributed by atoms with Crippen LogP contribution in [0.2, 0.25) is 5.02 Å². The molecule has 1 aromatic rings. The van der Waals surface area contributed by atoms with Crippen molar-refractivity contribution in [3.05, 3.63) is 28.8 Å². The van der Waals surface area contributed by atoms with Crippen LogP contribution in [0, 0.1) is 0 Å². The number of alkyl halides is 3. The fourth-order valence-electron chi connectivity index (χ4n) is 1.72. The molecule has 0 bridgehead atoms. The lowest BCUT2D eigenvalue weighted by Gasteiger charge is -2.15. The number of benzene rings is 1. The van der Waals surface area contributed by atoms with Gasteiger partial charge in [-0.2, -0.15) is 13.2 Å². The van der Waals surface area contributed by atoms with Gasteiger partial charge in [-0.05, 0) is 31.2 Å². The molecule has 0 radical (unpaired) electrons. The van der Waals surface area contributed by atoms with Crippen molar-refractivity contribution in [3.63, 3.8) is 0 Å². The number of rotatable bonds is 2. The molecule has 1 aliphatic heterocycles. The smallest absolute Gasteiger partial charge is 0.416 e. The third kappa shape index (κ3) is 3.26. The number of hydrogen-bond donors (Lipinski definition) is 1. The Morgan fingerprint density at radius 2 is 2.06 bits per heavy atom. The molecule has 1 saturated heterocycles. The van der Waals surface area contributed by atoms with Crippen molar-refractivity contribution in [2.45, 2.75) is 18.7 Å². The lowest BCUT2D eigenvalue weighted by molar-refractivity contribution is -0.137. The van der Waals surface area contributed by atoms with Crippen molar-refractivity contribution in [1.82, 2.24) is 5.32 Å². The van der Waals surface area contributed by atoms with Crippen LogP contribution in [0.5, 0.6) is 5.75 Å². The lowest BCUT2D eigenvalue weighted by Crippen LogP contribution is -2.19. The van der Waals surface area contributed by atoms with Gasteiger partial charge in [0.05, 0.1) is 5.56 Å². The Kier molecular flexibility index (Phi) is 3.49. The Hall–Kier alpha value is -0.940. The summed E-state index contributed by atoms with van der Waals surface area (Å²) in [6.07, 6.45) is -3.71. The van der Waals surface area contributed by atoms with E-state index in [0.717, 1.165) is 25.1 Å². The molecule has 0 aromatic heterocycles. The van der Waals surface area contributed by atoms with Crippen LogP contribution >= 0.6 is 11.6 Å². The maximum Gasteiger partial charge on any atom is 0.416 e. The van der Waals surface area contributed by atoms with Crippen LogP contribution in [-0.4, -0.2) is 19.2 Å². The van der Waals surface area contributed by atoms with Crippen molar-refractivity contribution in [3.8, 4) is 5.75 Å². The van der Waals surface area contributed by atoms with Gasteiger partial charge in [0.15, 0.2) is 0 Å². The standard InChI is InChI=1S/C11H11ClF3NO/c12-8-3-7(11(13,14)15)4-10(5-8)17-9-1-2-16-6-9/h3-5,9,16H,1-2,6H2. The molecular weight excluding hydrogens is 255 g/mol. The predicted octanol–water partition coefficient (Wildman–Crippen LogP) is 3.10. The predicted molar refractivity (Wildman–Crippen MR) is 58.4 cm³/mol. The topological polar surface area (TPSA) is 21.3 Å². The zero-order valence-electron chi connectivity index (χ0n) is 8.85. The zero-order valence-corrected chi connectivity index (χ0v) is 9.61. The monoisotopic (exact) mass is 265 g/mol. The van der Waals surface area contributed by atoms with Crippen molar-refractivity contribution in [1.29, 1.82) is 0 Å². The van der Waals surface area contributed by atoms with Gasteiger partial charge in [-0.3, -0.25) is 0 Å². The summed E-state index contributed by atoms with van der Waals surface area (Å²) in [5.74, 6) is 0.165. The molecule has 0 aliphatic carbocycles. The Morgan fingerprint density at radius 1 is 1.29 bits per heavy atom. The quantitative estimate of drug-likeness (QED) is 0.887. The second-order valence-corrected chi connectivity index (χ2v) is 4.34. The minimum Gasteiger partial charge on any atom is -0.489 e. The van der Waals surface area contributed by atoms with Crippen LogP contribution in [0.15, 0.2) is 18.2 Å². The van der Waals surface area contributed by atoms with E-state index in [1.807, 2.05) is 0 Å². The first-order valence-corrected chi connectivity index (χ1v) is 5.58. The molecule has 0 saturated carbocycles. The fourth-order valence-corrected chi connectivity index (χ4v) is 1.94. The Labute approximate surface area is 102 Å². The highest BCUT2D eigenvalue weighted by Crippen LogP contribution is 2.34. The van der Waals surface area contributed by atoms with Gasteiger partial charge in [0, 0.05) is 11.6 Å². The van der Waals surface area contributed by atoms with Gasteiger partial charge in [-0.25, -0.2) is 0 Å². The van der Waals surface area contributed by atoms with Crippen molar-refractivity contribution in [2.75, 3.05) is 13.1 Å². The lowest BCUT2D eigenvalue weighted by atomic mass is 10.2. The SMILES string of the molecule is FC(F)(F)c1cc(Cl)cc(OC2CCNC2)c1. The third-order valence-corrected chi connectivity index (χ3v) is 2.73. The first-order chi connectivity index (χ1) is 7.95. The van der Waals surface area contributed by atoms with Crippen LogP contribution < -0.4 is 10.1 Å². The number of halogens is 4. The molecule has 1 aromatic carbocycles. The van der Waals surface area contributed by atoms with E-state index in [1.54, 1.807) is 0 Å². The van der Waals surface area contributed by atoms with Gasteiger partial charge in [0.25, 0.3) is 0 Å². The highest BCUT2D eigenvalue weighted by Gasteiger charge is 2.31. The number of hydrogen-bond acceptors (Lipinski definition) is 2. The van der Waals surface area contributed by atoms with E-state index in [-0.39, 0.29) is 16.9 Å². The third-order valence-electron chi connectivity index (χ3n) is 2.52. The van der Waals surface area contributed by atoms with E-state index in [4.69, 9.17) is 16.3 Å². The molecule has 17 heavy (non-hydrogen) atoms. The molecule has 1 heterocycles. The number of ether oxygens (including phenoxy) is 1. The summed E-state index contributed by atoms with van der Waals surface area (Å²) < 4.78 is 43.0. The van der Waals surface area contributed by atoms with Gasteiger partial charge in [0.2, 0.25) is 0 Å². The minimum absolute atomic E-state index is 0.0285. The van der Waals surface area contributed by atoms with Gasteiger partial charge in [-0.15, -0.1) is 0 Å². The average Bonchev–Trinajstić information content (AvgIpc) is 2.68. The molecule has 0 spiro atoms. The summed E-state index contributed by atoms with van der Waals surface area (Å²) in [7, 11) is 0. The van der Waals surface area contributed by atoms with E-state index in [2.05, 4.69) is 5.32 Å². The van der Waals surface area contributed by atoms with Crippen molar-refractivity contribution >= 4 is 11.6 Å². The van der Waals surface area contributed by atoms with E-state index in [9.17, 15) is 13.2 Å². The second kappa shape index (κ2) is 4.74. The Morgan fingerprint density at radius 3 is 2.65 bits per heavy atom. The molecular formula is C11H11ClF3NO. The van der Waals surface area contributed by atoms with Gasteiger partial charge >= 0.3 is 6.18 Å². The van der Waals surface area contributed by atoms with Gasteiger partial charge < -0.3 is 10.1 Å². The van der Waals surface area contributed by atoms with Gasteiger partial charge in [0.1, 0.15) is 11.9 Å². The summed E-state index contributed by atoms with van der Waals surface area (Å²) in [4.78, 5) is 0. The summed E-state index contributed by atoms with van der Waals surface area (Å²) in [5, 5.41) is 3.10. The molecule has 6 heteroatoms. The second-order valence-electron chi connectivity index (χ2n) is 3.91. The maximum absolute atomic E-state index is 12.5. The summed E-state index contributed by atoms with van der Waals surface area (Å²) in [6.45, 7) is 1.46. The fraction of sp³-hybridized carbons (Fsp3) is 0.455. The summed E-state index contributed by atoms with van der Waals surface area (Å²) in [6, 6.07) is 3.26. The van der Waals surface area contributed by atoms with Gasteiger partial charge in [-0.1, -0.05) is 11.6 Å². The van der Waals surface area contributed by atoms with Crippen LogP contribution in [0.3, 0.4) is 0 Å². The summed E-state index contributed by atoms with van der Waals surface area (Å²) >= 11 is 5.65. The molecule has 1 N–H and O–H groups in total. The largest absolute Gasteiger partial charge is 0.489 e. The minimum atomic E-state index is -4.41. The molecule has 0 amide bonds.